The number of hydrogen-bond acceptors (Lipinski definition) is 7. The summed E-state index contributed by atoms with van der Waals surface area (Å²) in [5, 5.41) is 20.9. The van der Waals surface area contributed by atoms with Crippen LogP contribution in [0.3, 0.4) is 0 Å². The smallest absolute Gasteiger partial charge is 0.478 e. The van der Waals surface area contributed by atoms with Crippen LogP contribution < -0.4 is 10.2 Å². The Balaban J connectivity index is 1.68. The van der Waals surface area contributed by atoms with E-state index < -0.39 is 41.8 Å². The molecule has 3 fully saturated rings. The highest BCUT2D eigenvalue weighted by molar-refractivity contribution is 7.98. The Morgan fingerprint density at radius 1 is 1.27 bits per heavy atom. The van der Waals surface area contributed by atoms with Crippen LogP contribution in [0.2, 0.25) is 0 Å². The van der Waals surface area contributed by atoms with Gasteiger partial charge in [-0.15, -0.1) is 0 Å². The van der Waals surface area contributed by atoms with Crippen LogP contribution in [0.5, 0.6) is 5.75 Å². The van der Waals surface area contributed by atoms with Crippen LogP contribution in [0.25, 0.3) is 0 Å². The zero-order valence-electron chi connectivity index (χ0n) is 24.4. The van der Waals surface area contributed by atoms with Gasteiger partial charge in [0.25, 0.3) is 0 Å². The summed E-state index contributed by atoms with van der Waals surface area (Å²) in [6, 6.07) is 3.03. The summed E-state index contributed by atoms with van der Waals surface area (Å²) in [4.78, 5) is 27.5. The molecule has 3 aliphatic carbocycles. The summed E-state index contributed by atoms with van der Waals surface area (Å²) in [6.45, 7) is 8.49. The van der Waals surface area contributed by atoms with Gasteiger partial charge in [-0.1, -0.05) is 33.8 Å². The topological polar surface area (TPSA) is 102 Å². The van der Waals surface area contributed by atoms with Gasteiger partial charge in [-0.05, 0) is 72.7 Å². The molecule has 2 N–H and O–H groups in total. The van der Waals surface area contributed by atoms with Crippen molar-refractivity contribution >= 4 is 36.1 Å². The molecular weight excluding hydrogens is 534 g/mol. The number of methoxy groups -OCH3 is 1. The number of Topliss-reactive ketones (excluding diaryl/α,β-unsaturated/α-hetero) is 1. The van der Waals surface area contributed by atoms with Crippen molar-refractivity contribution in [2.24, 2.45) is 39.9 Å². The summed E-state index contributed by atoms with van der Waals surface area (Å²) >= 11 is 1.59. The largest absolute Gasteiger partial charge is 0.494 e. The highest BCUT2D eigenvalue weighted by Crippen LogP contribution is 2.70. The van der Waals surface area contributed by atoms with Crippen LogP contribution in [-0.2, 0) is 25.6 Å². The number of rotatable bonds is 7. The molecule has 10 heteroatoms. The Morgan fingerprint density at radius 2 is 1.98 bits per heavy atom. The van der Waals surface area contributed by atoms with Gasteiger partial charge < -0.3 is 24.3 Å². The second-order valence-electron chi connectivity index (χ2n) is 13.2. The van der Waals surface area contributed by atoms with Crippen molar-refractivity contribution in [1.82, 2.24) is 0 Å². The highest BCUT2D eigenvalue weighted by Gasteiger charge is 2.69. The van der Waals surface area contributed by atoms with Crippen LogP contribution in [-0.4, -0.2) is 60.3 Å². The van der Waals surface area contributed by atoms with Crippen molar-refractivity contribution in [1.29, 1.82) is 0 Å². The molecule has 0 spiro atoms. The number of aliphatic carboxylic acids is 1. The number of fused-ring (bicyclic) bond motifs is 1. The molecule has 0 radical (unpaired) electrons. The number of carbonyl (C=O) groups is 2. The highest BCUT2D eigenvalue weighted by atomic mass is 32.2. The molecule has 4 aliphatic rings. The molecule has 5 rings (SSSR count). The standard InChI is InChI=1S/C30H42BFO7S/c1-16-9-11-30-12-10-21(37-5)25(30)29(16,4)19(13-28(3,15-40-6)26(33)17(30)2)24(27(34)35)39-20-8-7-18-14-38-31(36)22(18)23(20)32/h7-8,16-17,19,21,24-25,36H,9-15H2,1-6H3,(H,34,35)/t16-,17+,19+,21-,24?,25-,28+,29-,30+/m1/s1. The van der Waals surface area contributed by atoms with E-state index in [1.807, 2.05) is 13.2 Å². The first kappa shape index (κ1) is 29.9. The van der Waals surface area contributed by atoms with E-state index in [0.29, 0.717) is 17.7 Å². The molecule has 0 aromatic heterocycles. The van der Waals surface area contributed by atoms with Gasteiger partial charge in [-0.25, -0.2) is 9.18 Å². The van der Waals surface area contributed by atoms with Gasteiger partial charge in [0.1, 0.15) is 5.78 Å². The van der Waals surface area contributed by atoms with Crippen molar-refractivity contribution < 1.29 is 38.2 Å². The average molecular weight is 577 g/mol. The molecule has 1 aromatic rings. The zero-order valence-corrected chi connectivity index (χ0v) is 25.2. The van der Waals surface area contributed by atoms with Crippen LogP contribution in [0.15, 0.2) is 12.1 Å². The Labute approximate surface area is 241 Å². The van der Waals surface area contributed by atoms with Crippen molar-refractivity contribution in [2.45, 2.75) is 78.6 Å². The van der Waals surface area contributed by atoms with E-state index in [9.17, 15) is 19.7 Å². The summed E-state index contributed by atoms with van der Waals surface area (Å²) < 4.78 is 33.1. The van der Waals surface area contributed by atoms with Crippen molar-refractivity contribution in [3.05, 3.63) is 23.5 Å². The number of carboxylic acid groups (broad SMARTS) is 1. The van der Waals surface area contributed by atoms with E-state index in [4.69, 9.17) is 14.1 Å². The second-order valence-corrected chi connectivity index (χ2v) is 14.1. The lowest BCUT2D eigenvalue weighted by molar-refractivity contribution is -0.192. The van der Waals surface area contributed by atoms with Gasteiger partial charge in [0.05, 0.1) is 12.7 Å². The lowest BCUT2D eigenvalue weighted by Crippen LogP contribution is -2.64. The van der Waals surface area contributed by atoms with E-state index in [2.05, 4.69) is 20.8 Å². The molecule has 40 heavy (non-hydrogen) atoms. The number of benzene rings is 1. The fraction of sp³-hybridized carbons (Fsp3) is 0.733. The summed E-state index contributed by atoms with van der Waals surface area (Å²) in [5.41, 5.74) is -1.12. The minimum absolute atomic E-state index is 0.0120. The SMILES string of the molecule is CO[C@@H]1CC[C@@]23CC[C@@H](C)[C@](C)([C@H](C(Oc4ccc5c(c4F)B(O)OC5)C(=O)O)C[C@@](C)(CSC)C(=O)[C@@H]2C)[C@@H]13. The molecule has 2 bridgehead atoms. The fourth-order valence-corrected chi connectivity index (χ4v) is 10.2. The fourth-order valence-electron chi connectivity index (χ4n) is 9.32. The van der Waals surface area contributed by atoms with Crippen molar-refractivity contribution in [3.8, 4) is 5.75 Å². The third-order valence-electron chi connectivity index (χ3n) is 11.5. The first-order valence-electron chi connectivity index (χ1n) is 14.4. The van der Waals surface area contributed by atoms with E-state index in [1.54, 1.807) is 24.9 Å². The second kappa shape index (κ2) is 10.6. The maximum Gasteiger partial charge on any atom is 0.494 e. The monoisotopic (exact) mass is 576 g/mol. The quantitative estimate of drug-likeness (QED) is 0.463. The molecule has 220 valence electrons. The lowest BCUT2D eigenvalue weighted by Gasteiger charge is -2.63. The number of halogens is 1. The Morgan fingerprint density at radius 3 is 2.62 bits per heavy atom. The number of carboxylic acids is 1. The number of carbonyl (C=O) groups excluding carboxylic acids is 1. The first-order valence-corrected chi connectivity index (χ1v) is 15.8. The molecule has 1 aromatic carbocycles. The molecule has 1 unspecified atom stereocenters. The molecule has 3 saturated carbocycles. The summed E-state index contributed by atoms with van der Waals surface area (Å²) in [7, 11) is 0.286. The number of hydrogen-bond donors (Lipinski definition) is 2. The number of thioether (sulfide) groups is 1. The minimum Gasteiger partial charge on any atom is -0.478 e. The summed E-state index contributed by atoms with van der Waals surface area (Å²) in [6.07, 6.45) is 4.24. The summed E-state index contributed by atoms with van der Waals surface area (Å²) in [5.74, 6) is -2.15. The first-order chi connectivity index (χ1) is 18.9. The van der Waals surface area contributed by atoms with E-state index in [1.165, 1.54) is 6.07 Å². The van der Waals surface area contributed by atoms with Gasteiger partial charge in [0.15, 0.2) is 17.7 Å². The van der Waals surface area contributed by atoms with E-state index >= 15 is 4.39 Å². The predicted octanol–water partition coefficient (Wildman–Crippen LogP) is 4.32. The normalized spacial score (nSPS) is 39.8. The third-order valence-corrected chi connectivity index (χ3v) is 12.4. The molecular formula is C30H42BFO7S. The molecule has 1 aliphatic heterocycles. The number of ether oxygens (including phenoxy) is 2. The number of ketones is 1. The van der Waals surface area contributed by atoms with Crippen LogP contribution in [0, 0.1) is 45.7 Å². The van der Waals surface area contributed by atoms with Gasteiger partial charge in [0, 0.05) is 35.6 Å². The van der Waals surface area contributed by atoms with E-state index in [-0.39, 0.29) is 52.9 Å². The van der Waals surface area contributed by atoms with Crippen LogP contribution >= 0.6 is 11.8 Å². The zero-order chi connectivity index (χ0) is 29.2. The molecule has 0 amide bonds. The van der Waals surface area contributed by atoms with Gasteiger partial charge in [0.2, 0.25) is 0 Å². The maximum atomic E-state index is 15.7. The minimum atomic E-state index is -1.43. The lowest BCUT2D eigenvalue weighted by atomic mass is 9.41. The van der Waals surface area contributed by atoms with Crippen LogP contribution in [0.1, 0.15) is 65.4 Å². The van der Waals surface area contributed by atoms with Crippen LogP contribution in [0.4, 0.5) is 4.39 Å². The van der Waals surface area contributed by atoms with Gasteiger partial charge in [-0.3, -0.25) is 4.79 Å². The molecule has 9 atom stereocenters. The maximum absolute atomic E-state index is 15.7. The Hall–Kier alpha value is -1.62. The van der Waals surface area contributed by atoms with Crippen molar-refractivity contribution in [3.63, 3.8) is 0 Å². The molecule has 0 saturated heterocycles. The van der Waals surface area contributed by atoms with Crippen molar-refractivity contribution in [2.75, 3.05) is 19.1 Å². The predicted molar refractivity (Wildman–Crippen MR) is 152 cm³/mol. The Bertz CT molecular complexity index is 1180. The Kier molecular flexibility index (Phi) is 7.90. The van der Waals surface area contributed by atoms with Gasteiger partial charge in [-0.2, -0.15) is 11.8 Å². The van der Waals surface area contributed by atoms with Gasteiger partial charge >= 0.3 is 13.1 Å². The molecule has 7 nitrogen and oxygen atoms in total. The molecule has 1 heterocycles. The van der Waals surface area contributed by atoms with E-state index in [0.717, 1.165) is 25.7 Å². The third kappa shape index (κ3) is 4.26. The average Bonchev–Trinajstić information content (AvgIpc) is 3.50.